The van der Waals surface area contributed by atoms with Crippen LogP contribution in [0.15, 0.2) is 0 Å². The van der Waals surface area contributed by atoms with E-state index in [9.17, 15) is 4.79 Å². The molecule has 0 radical (unpaired) electrons. The van der Waals surface area contributed by atoms with E-state index in [1.54, 1.807) is 0 Å². The van der Waals surface area contributed by atoms with Crippen LogP contribution in [0.25, 0.3) is 0 Å². The molecular formula is C10H20N2O. The molecule has 76 valence electrons. The molecule has 1 aliphatic rings. The van der Waals surface area contributed by atoms with Gasteiger partial charge in [0.1, 0.15) is 0 Å². The minimum atomic E-state index is -0.164. The first-order valence-electron chi connectivity index (χ1n) is 4.81. The minimum Gasteiger partial charge on any atom is -0.369 e. The number of carbonyl (C=O) groups excluding carboxylic acids is 1. The summed E-state index contributed by atoms with van der Waals surface area (Å²) in [5, 5.41) is 3.51. The number of carbonyl (C=O) groups is 1. The molecule has 1 heterocycles. The van der Waals surface area contributed by atoms with Crippen LogP contribution in [0.2, 0.25) is 0 Å². The molecule has 3 N–H and O–H groups in total. The second-order valence-corrected chi connectivity index (χ2v) is 5.40. The summed E-state index contributed by atoms with van der Waals surface area (Å²) in [6.45, 7) is 8.46. The lowest BCUT2D eigenvalue weighted by Gasteiger charge is -2.45. The van der Waals surface area contributed by atoms with E-state index in [2.05, 4.69) is 33.0 Å². The van der Waals surface area contributed by atoms with Gasteiger partial charge in [-0.3, -0.25) is 4.79 Å². The first-order valence-corrected chi connectivity index (χ1v) is 4.81. The maximum Gasteiger partial charge on any atom is 0.220 e. The summed E-state index contributed by atoms with van der Waals surface area (Å²) in [4.78, 5) is 11.1. The smallest absolute Gasteiger partial charge is 0.220 e. The zero-order valence-corrected chi connectivity index (χ0v) is 8.98. The van der Waals surface area contributed by atoms with Crippen molar-refractivity contribution in [2.24, 2.45) is 11.7 Å². The average molecular weight is 184 g/mol. The van der Waals surface area contributed by atoms with Crippen molar-refractivity contribution in [2.75, 3.05) is 0 Å². The number of primary amides is 1. The van der Waals surface area contributed by atoms with Gasteiger partial charge < -0.3 is 11.1 Å². The van der Waals surface area contributed by atoms with Crippen molar-refractivity contribution < 1.29 is 4.79 Å². The van der Waals surface area contributed by atoms with Crippen molar-refractivity contribution in [2.45, 2.75) is 51.6 Å². The summed E-state index contributed by atoms with van der Waals surface area (Å²) in [6, 6.07) is 0. The molecular weight excluding hydrogens is 164 g/mol. The Kier molecular flexibility index (Phi) is 2.41. The molecule has 3 nitrogen and oxygen atoms in total. The molecule has 0 atom stereocenters. The Morgan fingerprint density at radius 1 is 1.23 bits per heavy atom. The lowest BCUT2D eigenvalue weighted by molar-refractivity contribution is -0.124. The van der Waals surface area contributed by atoms with E-state index in [4.69, 9.17) is 5.73 Å². The number of nitrogens with one attached hydrogen (secondary N) is 1. The highest BCUT2D eigenvalue weighted by molar-refractivity contribution is 5.77. The molecule has 0 aromatic heterocycles. The van der Waals surface area contributed by atoms with E-state index in [-0.39, 0.29) is 22.9 Å². The van der Waals surface area contributed by atoms with Crippen LogP contribution in [0.4, 0.5) is 0 Å². The van der Waals surface area contributed by atoms with Crippen molar-refractivity contribution in [1.82, 2.24) is 5.32 Å². The topological polar surface area (TPSA) is 55.1 Å². The molecule has 0 aromatic rings. The van der Waals surface area contributed by atoms with Crippen LogP contribution in [0.5, 0.6) is 0 Å². The lowest BCUT2D eigenvalue weighted by atomic mass is 9.76. The molecule has 0 aliphatic carbocycles. The molecule has 1 rings (SSSR count). The van der Waals surface area contributed by atoms with Crippen molar-refractivity contribution in [1.29, 1.82) is 0 Å². The molecule has 0 saturated carbocycles. The van der Waals surface area contributed by atoms with Crippen LogP contribution in [0, 0.1) is 5.92 Å². The highest BCUT2D eigenvalue weighted by Gasteiger charge is 2.39. The van der Waals surface area contributed by atoms with E-state index >= 15 is 0 Å². The fraction of sp³-hybridized carbons (Fsp3) is 0.900. The van der Waals surface area contributed by atoms with Gasteiger partial charge in [-0.2, -0.15) is 0 Å². The van der Waals surface area contributed by atoms with Gasteiger partial charge in [-0.1, -0.05) is 0 Å². The van der Waals surface area contributed by atoms with E-state index < -0.39 is 0 Å². The highest BCUT2D eigenvalue weighted by atomic mass is 16.1. The summed E-state index contributed by atoms with van der Waals surface area (Å²) in [5.74, 6) is -0.145. The van der Waals surface area contributed by atoms with Gasteiger partial charge in [-0.15, -0.1) is 0 Å². The summed E-state index contributed by atoms with van der Waals surface area (Å²) >= 11 is 0. The monoisotopic (exact) mass is 184 g/mol. The molecule has 3 heteroatoms. The van der Waals surface area contributed by atoms with Gasteiger partial charge in [0.2, 0.25) is 5.91 Å². The number of hydrogen-bond donors (Lipinski definition) is 2. The predicted octanol–water partition coefficient (Wildman–Crippen LogP) is 1.03. The van der Waals surface area contributed by atoms with Gasteiger partial charge in [0.25, 0.3) is 0 Å². The number of piperidine rings is 1. The molecule has 1 saturated heterocycles. The third kappa shape index (κ3) is 2.69. The van der Waals surface area contributed by atoms with E-state index in [1.807, 2.05) is 0 Å². The van der Waals surface area contributed by atoms with Crippen molar-refractivity contribution in [3.8, 4) is 0 Å². The number of rotatable bonds is 1. The fourth-order valence-electron chi connectivity index (χ4n) is 2.52. The first-order chi connectivity index (χ1) is 5.72. The summed E-state index contributed by atoms with van der Waals surface area (Å²) < 4.78 is 0. The van der Waals surface area contributed by atoms with E-state index in [1.165, 1.54) is 0 Å². The van der Waals surface area contributed by atoms with Gasteiger partial charge in [0.15, 0.2) is 0 Å². The number of amides is 1. The molecule has 1 fully saturated rings. The van der Waals surface area contributed by atoms with E-state index in [0.29, 0.717) is 0 Å². The van der Waals surface area contributed by atoms with Gasteiger partial charge in [0, 0.05) is 17.0 Å². The van der Waals surface area contributed by atoms with Crippen molar-refractivity contribution in [3.63, 3.8) is 0 Å². The molecule has 0 spiro atoms. The Bertz CT molecular complexity index is 205. The van der Waals surface area contributed by atoms with Crippen molar-refractivity contribution in [3.05, 3.63) is 0 Å². The first kappa shape index (κ1) is 10.5. The van der Waals surface area contributed by atoms with Gasteiger partial charge in [-0.25, -0.2) is 0 Å². The maximum absolute atomic E-state index is 11.1. The van der Waals surface area contributed by atoms with Gasteiger partial charge in [-0.05, 0) is 40.5 Å². The molecule has 0 unspecified atom stereocenters. The summed E-state index contributed by atoms with van der Waals surface area (Å²) in [5.41, 5.74) is 5.37. The van der Waals surface area contributed by atoms with Crippen LogP contribution in [-0.2, 0) is 4.79 Å². The Labute approximate surface area is 80.1 Å². The Morgan fingerprint density at radius 3 is 1.92 bits per heavy atom. The number of hydrogen-bond acceptors (Lipinski definition) is 2. The second-order valence-electron chi connectivity index (χ2n) is 5.40. The van der Waals surface area contributed by atoms with Crippen LogP contribution in [-0.4, -0.2) is 17.0 Å². The predicted molar refractivity (Wildman–Crippen MR) is 53.2 cm³/mol. The van der Waals surface area contributed by atoms with Gasteiger partial charge >= 0.3 is 0 Å². The maximum atomic E-state index is 11.1. The molecule has 13 heavy (non-hydrogen) atoms. The van der Waals surface area contributed by atoms with Crippen molar-refractivity contribution >= 4 is 5.91 Å². The highest BCUT2D eigenvalue weighted by Crippen LogP contribution is 2.32. The molecule has 0 aromatic carbocycles. The molecule has 0 bridgehead atoms. The Hall–Kier alpha value is -0.570. The lowest BCUT2D eigenvalue weighted by Crippen LogP contribution is -2.59. The SMILES string of the molecule is CC1(C)CC(C(N)=O)CC(C)(C)N1. The van der Waals surface area contributed by atoms with E-state index in [0.717, 1.165) is 12.8 Å². The Balaban J connectivity index is 2.78. The third-order valence-electron chi connectivity index (χ3n) is 2.59. The minimum absolute atomic E-state index is 0.0153. The number of nitrogens with two attached hydrogens (primary N) is 1. The zero-order valence-electron chi connectivity index (χ0n) is 8.98. The quantitative estimate of drug-likeness (QED) is 0.639. The zero-order chi connectivity index (χ0) is 10.3. The van der Waals surface area contributed by atoms with Crippen LogP contribution < -0.4 is 11.1 Å². The second kappa shape index (κ2) is 2.98. The summed E-state index contributed by atoms with van der Waals surface area (Å²) in [7, 11) is 0. The largest absolute Gasteiger partial charge is 0.369 e. The van der Waals surface area contributed by atoms with Crippen LogP contribution >= 0.6 is 0 Å². The third-order valence-corrected chi connectivity index (χ3v) is 2.59. The van der Waals surface area contributed by atoms with Gasteiger partial charge in [0.05, 0.1) is 0 Å². The Morgan fingerprint density at radius 2 is 1.62 bits per heavy atom. The standard InChI is InChI=1S/C10H20N2O/c1-9(2)5-7(8(11)13)6-10(3,4)12-9/h7,12H,5-6H2,1-4H3,(H2,11,13). The fourth-order valence-corrected chi connectivity index (χ4v) is 2.52. The summed E-state index contributed by atoms with van der Waals surface area (Å²) in [6.07, 6.45) is 1.68. The molecule has 1 amide bonds. The van der Waals surface area contributed by atoms with Crippen LogP contribution in [0.3, 0.4) is 0 Å². The normalized spacial score (nSPS) is 27.1. The average Bonchev–Trinajstić information content (AvgIpc) is 1.79. The molecule has 1 aliphatic heterocycles. The van der Waals surface area contributed by atoms with Crippen LogP contribution in [0.1, 0.15) is 40.5 Å².